The van der Waals surface area contributed by atoms with Crippen molar-refractivity contribution in [2.24, 2.45) is 11.5 Å². The molecule has 21 rings (SSSR count). The Kier molecular flexibility index (Phi) is 26.2. The van der Waals surface area contributed by atoms with Gasteiger partial charge in [-0.2, -0.15) is 23.5 Å². The van der Waals surface area contributed by atoms with Gasteiger partial charge in [-0.1, -0.05) is 0 Å². The Balaban J connectivity index is 1.11. The molecule has 41 heteroatoms. The first-order valence-corrected chi connectivity index (χ1v) is 30.4. The first-order valence-electron chi connectivity index (χ1n) is 28.1. The van der Waals surface area contributed by atoms with Crippen LogP contribution in [0.5, 0.6) is 0 Å². The third-order valence-electron chi connectivity index (χ3n) is 16.2. The number of thioether (sulfide) groups is 2. The number of aliphatic hydroxyl groups is 19. The summed E-state index contributed by atoms with van der Waals surface area (Å²) in [6.45, 7) is -5.43. The van der Waals surface area contributed by atoms with Crippen LogP contribution in [0.15, 0.2) is 0 Å². The van der Waals surface area contributed by atoms with Crippen LogP contribution in [0.2, 0.25) is 0 Å². The maximum Gasteiger partial charge on any atom is 0.321 e. The van der Waals surface area contributed by atoms with Gasteiger partial charge in [0.05, 0.1) is 45.2 Å². The van der Waals surface area contributed by atoms with Gasteiger partial charge in [0.2, 0.25) is 0 Å². The van der Waals surface area contributed by atoms with Crippen LogP contribution in [0.25, 0.3) is 0 Å². The molecular formula is C48H80N2O37S2. The molecule has 21 aliphatic rings. The van der Waals surface area contributed by atoms with Gasteiger partial charge in [0.1, 0.15) is 171 Å². The Morgan fingerprint density at radius 1 is 0.281 bits per heavy atom. The van der Waals surface area contributed by atoms with Crippen molar-refractivity contribution >= 4 is 35.5 Å². The lowest BCUT2D eigenvalue weighted by Crippen LogP contribution is -2.68. The second-order valence-electron chi connectivity index (χ2n) is 22.3. The molecule has 0 saturated carbocycles. The average Bonchev–Trinajstić information content (AvgIpc) is 0.983. The molecular weight excluding hydrogens is 1260 g/mol. The molecule has 516 valence electrons. The second kappa shape index (κ2) is 31.9. The van der Waals surface area contributed by atoms with E-state index in [1.807, 2.05) is 0 Å². The highest BCUT2D eigenvalue weighted by Crippen LogP contribution is 2.40. The van der Waals surface area contributed by atoms with Crippen molar-refractivity contribution in [2.45, 2.75) is 227 Å². The fraction of sp³-hybridized carbons (Fsp3) is 0.958. The van der Waals surface area contributed by atoms with E-state index < -0.39 is 284 Å². The second-order valence-corrected chi connectivity index (χ2v) is 24.4. The number of carboxylic acid groups (broad SMARTS) is 2. The molecule has 21 fully saturated rings. The van der Waals surface area contributed by atoms with Crippen LogP contribution in [0.4, 0.5) is 0 Å². The Morgan fingerprint density at radius 3 is 0.596 bits per heavy atom. The number of rotatable bonds is 15. The molecule has 0 aliphatic carbocycles. The molecule has 21 heterocycles. The van der Waals surface area contributed by atoms with E-state index in [1.54, 1.807) is 0 Å². The van der Waals surface area contributed by atoms with Crippen LogP contribution in [0.1, 0.15) is 0 Å². The third kappa shape index (κ3) is 15.9. The van der Waals surface area contributed by atoms with E-state index in [9.17, 15) is 117 Å². The van der Waals surface area contributed by atoms with Gasteiger partial charge < -0.3 is 185 Å². The van der Waals surface area contributed by atoms with Crippen molar-refractivity contribution in [1.82, 2.24) is 0 Å². The quantitative estimate of drug-likeness (QED) is 0.0724. The Hall–Kier alpha value is -1.76. The molecule has 0 aromatic rings. The van der Waals surface area contributed by atoms with Crippen LogP contribution >= 0.6 is 23.5 Å². The lowest BCUT2D eigenvalue weighted by Gasteiger charge is -2.50. The van der Waals surface area contributed by atoms with E-state index >= 15 is 0 Å². The predicted octanol–water partition coefficient (Wildman–Crippen LogP) is -14.9. The van der Waals surface area contributed by atoms with Gasteiger partial charge in [0.25, 0.3) is 0 Å². The van der Waals surface area contributed by atoms with Crippen LogP contribution in [0.3, 0.4) is 0 Å². The summed E-state index contributed by atoms with van der Waals surface area (Å²) in [5, 5.41) is 233. The minimum atomic E-state index is -2.27. The topological polar surface area (TPSA) is 640 Å². The van der Waals surface area contributed by atoms with E-state index in [-0.39, 0.29) is 11.5 Å². The minimum absolute atomic E-state index is 0.319. The van der Waals surface area contributed by atoms with Crippen LogP contribution in [0, 0.1) is 0 Å². The molecule has 39 nitrogen and oxygen atoms in total. The van der Waals surface area contributed by atoms with E-state index in [4.69, 9.17) is 77.8 Å². The van der Waals surface area contributed by atoms with Gasteiger partial charge in [-0.3, -0.25) is 9.59 Å². The highest BCUT2D eigenvalue weighted by molar-refractivity contribution is 7.99. The number of carbonyl (C=O) groups is 2. The van der Waals surface area contributed by atoms with E-state index in [2.05, 4.69) is 0 Å². The standard InChI is InChI=1S/C48H80N2O37S2/c49-10(40(70)71)6-88-8-17-38-25(62)32(69)48(80-17)85-37-16(5-55)76-44(28(65)21(37)58)83-35-14(3-53)78-46(30(67)23(35)60)87-39-18(9-89-7-11(50)41(72)73)79-47(31(68)24(39)61)84-36-15(4-54)75-43(27(64)20(36)57)81-33-12(1-51)74-42(26(63)19(33)56)82-34-13(2-52)77-45(86-38)29(66)22(34)59/h10-39,42-48,51-69H,1-9,49-50H2,(H,70,71)(H,72,73)/t10-,11-,12?,13?,14?,15?,16?,17?,18?,19-,20-,21-,22-,23-,24-,25-,26?,27?,28+,29?,30?,31?,32?,33-,34-,35-,36-,37-,38-,39-,42-,43-,44?,45-,46+,47+,48-/m1/s1. The average molecular weight is 1340 g/mol. The lowest BCUT2D eigenvalue weighted by atomic mass is 9.95. The molecule has 0 amide bonds. The number of carboxylic acids is 2. The summed E-state index contributed by atoms with van der Waals surface area (Å²) in [6.07, 6.45) is -71.4. The summed E-state index contributed by atoms with van der Waals surface area (Å²) in [5.41, 5.74) is 11.4. The summed E-state index contributed by atoms with van der Waals surface area (Å²) in [5.74, 6) is -4.26. The number of nitrogens with two attached hydrogens (primary N) is 2. The van der Waals surface area contributed by atoms with Gasteiger partial charge >= 0.3 is 11.9 Å². The summed E-state index contributed by atoms with van der Waals surface area (Å²) < 4.78 is 81.6. The van der Waals surface area contributed by atoms with Gasteiger partial charge in [0.15, 0.2) is 44.0 Å². The van der Waals surface area contributed by atoms with Gasteiger partial charge in [-0.05, 0) is 0 Å². The van der Waals surface area contributed by atoms with Gasteiger partial charge in [-0.25, -0.2) is 0 Å². The van der Waals surface area contributed by atoms with Crippen LogP contribution in [-0.2, 0) is 75.9 Å². The largest absolute Gasteiger partial charge is 0.480 e. The van der Waals surface area contributed by atoms with Crippen molar-refractivity contribution in [1.29, 1.82) is 0 Å². The Morgan fingerprint density at radius 2 is 0.438 bits per heavy atom. The maximum atomic E-state index is 11.7. The van der Waals surface area contributed by atoms with E-state index in [0.29, 0.717) is 0 Å². The predicted molar refractivity (Wildman–Crippen MR) is 280 cm³/mol. The molecule has 37 atom stereocenters. The van der Waals surface area contributed by atoms with Gasteiger partial charge in [-0.15, -0.1) is 0 Å². The number of hydrogen-bond donors (Lipinski definition) is 23. The monoisotopic (exact) mass is 1340 g/mol. The summed E-state index contributed by atoms with van der Waals surface area (Å²) in [6, 6.07) is -2.94. The zero-order valence-electron chi connectivity index (χ0n) is 46.6. The summed E-state index contributed by atoms with van der Waals surface area (Å²) in [4.78, 5) is 23.2. The normalized spacial score (nSPS) is 50.1. The number of aliphatic carboxylic acids is 2. The molecule has 0 spiro atoms. The summed E-state index contributed by atoms with van der Waals surface area (Å²) in [7, 11) is 0. The minimum Gasteiger partial charge on any atom is -0.480 e. The van der Waals surface area contributed by atoms with Gasteiger partial charge in [0, 0.05) is 23.0 Å². The Labute approximate surface area is 511 Å². The molecule has 25 N–H and O–H groups in total. The molecule has 0 aromatic carbocycles. The number of hydrogen-bond acceptors (Lipinski definition) is 39. The first kappa shape index (κ1) is 73.1. The van der Waals surface area contributed by atoms with Crippen molar-refractivity contribution in [2.75, 3.05) is 56.0 Å². The van der Waals surface area contributed by atoms with E-state index in [0.717, 1.165) is 23.5 Å². The smallest absolute Gasteiger partial charge is 0.321 e. The summed E-state index contributed by atoms with van der Waals surface area (Å²) >= 11 is 1.60. The van der Waals surface area contributed by atoms with Crippen LogP contribution < -0.4 is 11.5 Å². The zero-order valence-corrected chi connectivity index (χ0v) is 48.3. The number of aliphatic hydroxyl groups excluding tert-OH is 19. The third-order valence-corrected chi connectivity index (χ3v) is 18.5. The van der Waals surface area contributed by atoms with Crippen molar-refractivity contribution < 1.29 is 183 Å². The fourth-order valence-electron chi connectivity index (χ4n) is 11.2. The molecule has 14 unspecified atom stereocenters. The number of ether oxygens (including phenoxy) is 14. The lowest BCUT2D eigenvalue weighted by molar-refractivity contribution is -0.395. The molecule has 14 bridgehead atoms. The maximum absolute atomic E-state index is 11.7. The molecule has 89 heavy (non-hydrogen) atoms. The van der Waals surface area contributed by atoms with Crippen LogP contribution in [-0.4, -0.2) is 402 Å². The highest BCUT2D eigenvalue weighted by atomic mass is 32.2. The molecule has 0 aromatic heterocycles. The zero-order chi connectivity index (χ0) is 65.2. The van der Waals surface area contributed by atoms with Crippen molar-refractivity contribution in [3.8, 4) is 0 Å². The molecule has 21 aliphatic heterocycles. The Bertz CT molecular complexity index is 2200. The molecule has 21 saturated heterocycles. The molecule has 0 radical (unpaired) electrons. The van der Waals surface area contributed by atoms with Crippen molar-refractivity contribution in [3.63, 3.8) is 0 Å². The van der Waals surface area contributed by atoms with E-state index in [1.165, 1.54) is 0 Å². The first-order chi connectivity index (χ1) is 42.2. The fourth-order valence-corrected chi connectivity index (χ4v) is 13.2. The van der Waals surface area contributed by atoms with Crippen molar-refractivity contribution in [3.05, 3.63) is 0 Å². The SMILES string of the molecule is N[C@H](CSCC1O[C@@H]2O[C@@H]3C(CO)OC(O[C@@H]4C(CO)O[C@@H](O[C@@H]5C(CSC[C@@H](N)C(=O)O)O[C@@H](O[C@@H]6C(CO)O[C@H](O[C@@H]7C(CO)O[C@H](O[C@@H]8C(CO)O[C@H](O[C@H]1[C@H](O)C2O)C(O)[C@H]8O)C(O)[C@H]7O)C(O)[C@H]6O)C(O)[C@H]5O)C(O)[C@H]4O)[C@@H](O)[C@H]3O)C(=O)O. The highest BCUT2D eigenvalue weighted by Gasteiger charge is 2.60.